The van der Waals surface area contributed by atoms with E-state index in [9.17, 15) is 0 Å². The van der Waals surface area contributed by atoms with Gasteiger partial charge in [0, 0.05) is 18.6 Å². The van der Waals surface area contributed by atoms with E-state index >= 15 is 0 Å². The van der Waals surface area contributed by atoms with Gasteiger partial charge in [0.2, 0.25) is 0 Å². The fraction of sp³-hybridized carbons (Fsp3) is 0.571. The maximum atomic E-state index is 6.21. The van der Waals surface area contributed by atoms with Gasteiger partial charge in [-0.05, 0) is 44.5 Å². The molecule has 1 aromatic carbocycles. The first-order valence-electron chi connectivity index (χ1n) is 6.57. The lowest BCUT2D eigenvalue weighted by Gasteiger charge is -2.18. The van der Waals surface area contributed by atoms with E-state index in [-0.39, 0.29) is 0 Å². The summed E-state index contributed by atoms with van der Waals surface area (Å²) in [6.07, 6.45) is 2.61. The van der Waals surface area contributed by atoms with Crippen molar-refractivity contribution in [3.63, 3.8) is 0 Å². The van der Waals surface area contributed by atoms with Gasteiger partial charge in [0.05, 0.1) is 11.6 Å². The molecule has 2 N–H and O–H groups in total. The smallest absolute Gasteiger partial charge is 0.137 e. The van der Waals surface area contributed by atoms with Gasteiger partial charge in [0.15, 0.2) is 0 Å². The zero-order chi connectivity index (χ0) is 13.0. The largest absolute Gasteiger partial charge is 0.492 e. The van der Waals surface area contributed by atoms with Crippen LogP contribution in [0.1, 0.15) is 31.4 Å². The first-order chi connectivity index (χ1) is 8.74. The molecule has 1 unspecified atom stereocenters. The first kappa shape index (κ1) is 13.7. The summed E-state index contributed by atoms with van der Waals surface area (Å²) in [7, 11) is 1.98. The van der Waals surface area contributed by atoms with Gasteiger partial charge < -0.3 is 15.4 Å². The van der Waals surface area contributed by atoms with Crippen LogP contribution in [0.3, 0.4) is 0 Å². The summed E-state index contributed by atoms with van der Waals surface area (Å²) in [5, 5.41) is 7.53. The number of hydrogen-bond acceptors (Lipinski definition) is 3. The third kappa shape index (κ3) is 3.61. The minimum Gasteiger partial charge on any atom is -0.492 e. The molecule has 0 aromatic heterocycles. The van der Waals surface area contributed by atoms with Gasteiger partial charge in [-0.2, -0.15) is 0 Å². The molecule has 4 heteroatoms. The third-order valence-corrected chi connectivity index (χ3v) is 3.49. The van der Waals surface area contributed by atoms with E-state index < -0.39 is 0 Å². The quantitative estimate of drug-likeness (QED) is 0.798. The number of halogens is 1. The van der Waals surface area contributed by atoms with Gasteiger partial charge in [0.25, 0.3) is 0 Å². The van der Waals surface area contributed by atoms with Crippen molar-refractivity contribution in [2.75, 3.05) is 20.2 Å². The Morgan fingerprint density at radius 3 is 2.78 bits per heavy atom. The van der Waals surface area contributed by atoms with Gasteiger partial charge in [-0.15, -0.1) is 0 Å². The lowest BCUT2D eigenvalue weighted by atomic mass is 10.1. The summed E-state index contributed by atoms with van der Waals surface area (Å²) in [6.45, 7) is 3.53. The Kier molecular flexibility index (Phi) is 4.87. The topological polar surface area (TPSA) is 33.3 Å². The van der Waals surface area contributed by atoms with Gasteiger partial charge in [-0.25, -0.2) is 0 Å². The molecule has 1 atom stereocenters. The van der Waals surface area contributed by atoms with Gasteiger partial charge in [-0.3, -0.25) is 0 Å². The van der Waals surface area contributed by atoms with Crippen LogP contribution < -0.4 is 15.4 Å². The SMILES string of the molecule is CCOc1ccc(C(CNC2CC2)NC)cc1Cl. The van der Waals surface area contributed by atoms with E-state index in [4.69, 9.17) is 16.3 Å². The van der Waals surface area contributed by atoms with E-state index in [2.05, 4.69) is 16.7 Å². The van der Waals surface area contributed by atoms with Crippen molar-refractivity contribution in [1.82, 2.24) is 10.6 Å². The number of hydrogen-bond donors (Lipinski definition) is 2. The monoisotopic (exact) mass is 268 g/mol. The molecule has 0 bridgehead atoms. The molecule has 1 saturated carbocycles. The molecule has 18 heavy (non-hydrogen) atoms. The Hall–Kier alpha value is -0.770. The second-order valence-electron chi connectivity index (χ2n) is 4.65. The molecule has 0 amide bonds. The molecule has 0 spiro atoms. The highest BCUT2D eigenvalue weighted by Gasteiger charge is 2.22. The zero-order valence-corrected chi connectivity index (χ0v) is 11.8. The molecular weight excluding hydrogens is 248 g/mol. The predicted molar refractivity (Wildman–Crippen MR) is 75.4 cm³/mol. The highest BCUT2D eigenvalue weighted by molar-refractivity contribution is 6.32. The standard InChI is InChI=1S/C14H21ClN2O/c1-3-18-14-7-4-10(8-12(14)15)13(16-2)9-17-11-5-6-11/h4,7-8,11,13,16-17H,3,5-6,9H2,1-2H3. The van der Waals surface area contributed by atoms with E-state index in [1.54, 1.807) is 0 Å². The fourth-order valence-corrected chi connectivity index (χ4v) is 2.21. The van der Waals surface area contributed by atoms with E-state index in [0.29, 0.717) is 17.7 Å². The molecule has 0 radical (unpaired) electrons. The van der Waals surface area contributed by atoms with Gasteiger partial charge >= 0.3 is 0 Å². The van der Waals surface area contributed by atoms with Crippen LogP contribution in [0, 0.1) is 0 Å². The Balaban J connectivity index is 2.02. The minimum absolute atomic E-state index is 0.291. The maximum absolute atomic E-state index is 6.21. The van der Waals surface area contributed by atoms with Crippen LogP contribution in [0.15, 0.2) is 18.2 Å². The molecule has 0 saturated heterocycles. The number of benzene rings is 1. The summed E-state index contributed by atoms with van der Waals surface area (Å²) in [5.74, 6) is 0.757. The van der Waals surface area contributed by atoms with Crippen molar-refractivity contribution in [2.45, 2.75) is 31.8 Å². The molecular formula is C14H21ClN2O. The summed E-state index contributed by atoms with van der Waals surface area (Å²) in [6, 6.07) is 7.02. The normalized spacial score (nSPS) is 16.6. The second-order valence-corrected chi connectivity index (χ2v) is 5.05. The van der Waals surface area contributed by atoms with Gasteiger partial charge in [0.1, 0.15) is 5.75 Å². The fourth-order valence-electron chi connectivity index (χ4n) is 1.96. The highest BCUT2D eigenvalue weighted by atomic mass is 35.5. The molecule has 0 heterocycles. The summed E-state index contributed by atoms with van der Waals surface area (Å²) in [4.78, 5) is 0. The van der Waals surface area contributed by atoms with E-state index in [1.807, 2.05) is 26.1 Å². The molecule has 2 rings (SSSR count). The van der Waals surface area contributed by atoms with Crippen LogP contribution in [-0.4, -0.2) is 26.2 Å². The average Bonchev–Trinajstić information content (AvgIpc) is 3.17. The number of ether oxygens (including phenoxy) is 1. The van der Waals surface area contributed by atoms with Crippen LogP contribution in [-0.2, 0) is 0 Å². The van der Waals surface area contributed by atoms with Crippen molar-refractivity contribution < 1.29 is 4.74 Å². The van der Waals surface area contributed by atoms with E-state index in [0.717, 1.165) is 18.3 Å². The van der Waals surface area contributed by atoms with Crippen molar-refractivity contribution in [1.29, 1.82) is 0 Å². The molecule has 100 valence electrons. The van der Waals surface area contributed by atoms with Crippen LogP contribution in [0.25, 0.3) is 0 Å². The number of nitrogens with one attached hydrogen (secondary N) is 2. The predicted octanol–water partition coefficient (Wildman–Crippen LogP) is 2.75. The molecule has 1 aliphatic carbocycles. The van der Waals surface area contributed by atoms with Crippen molar-refractivity contribution >= 4 is 11.6 Å². The number of rotatable bonds is 7. The Morgan fingerprint density at radius 1 is 1.44 bits per heavy atom. The average molecular weight is 269 g/mol. The Bertz CT molecular complexity index is 393. The molecule has 1 aromatic rings. The lowest BCUT2D eigenvalue weighted by Crippen LogP contribution is -2.30. The van der Waals surface area contributed by atoms with Crippen molar-refractivity contribution in [2.24, 2.45) is 0 Å². The van der Waals surface area contributed by atoms with E-state index in [1.165, 1.54) is 18.4 Å². The highest BCUT2D eigenvalue weighted by Crippen LogP contribution is 2.28. The minimum atomic E-state index is 0.291. The third-order valence-electron chi connectivity index (χ3n) is 3.19. The van der Waals surface area contributed by atoms with Crippen molar-refractivity contribution in [3.8, 4) is 5.75 Å². The Morgan fingerprint density at radius 2 is 2.22 bits per heavy atom. The Labute approximate surface area is 114 Å². The molecule has 1 aliphatic rings. The first-order valence-corrected chi connectivity index (χ1v) is 6.95. The van der Waals surface area contributed by atoms with Crippen LogP contribution in [0.2, 0.25) is 5.02 Å². The van der Waals surface area contributed by atoms with Gasteiger partial charge in [-0.1, -0.05) is 17.7 Å². The maximum Gasteiger partial charge on any atom is 0.137 e. The summed E-state index contributed by atoms with van der Waals surface area (Å²) < 4.78 is 5.45. The van der Waals surface area contributed by atoms with Crippen molar-refractivity contribution in [3.05, 3.63) is 28.8 Å². The number of likely N-dealkylation sites (N-methyl/N-ethyl adjacent to an activating group) is 1. The van der Waals surface area contributed by atoms with Crippen LogP contribution in [0.4, 0.5) is 0 Å². The summed E-state index contributed by atoms with van der Waals surface area (Å²) in [5.41, 5.74) is 1.19. The van der Waals surface area contributed by atoms with Crippen LogP contribution >= 0.6 is 11.6 Å². The molecule has 1 fully saturated rings. The lowest BCUT2D eigenvalue weighted by molar-refractivity contribution is 0.340. The molecule has 0 aliphatic heterocycles. The molecule has 3 nitrogen and oxygen atoms in total. The second kappa shape index (κ2) is 6.41. The van der Waals surface area contributed by atoms with Crippen LogP contribution in [0.5, 0.6) is 5.75 Å². The zero-order valence-electron chi connectivity index (χ0n) is 11.0. The summed E-state index contributed by atoms with van der Waals surface area (Å²) >= 11 is 6.21.